The van der Waals surface area contributed by atoms with Gasteiger partial charge in [0.25, 0.3) is 5.91 Å². The number of nitrogens with one attached hydrogen (secondary N) is 1. The number of nitrogens with zero attached hydrogens (tertiary/aromatic N) is 4. The molecule has 144 valence electrons. The maximum absolute atomic E-state index is 12.5. The highest BCUT2D eigenvalue weighted by Gasteiger charge is 2.35. The fourth-order valence-corrected chi connectivity index (χ4v) is 3.11. The van der Waals surface area contributed by atoms with Crippen molar-refractivity contribution in [2.75, 3.05) is 25.0 Å². The number of anilines is 1. The fourth-order valence-electron chi connectivity index (χ4n) is 3.11. The van der Waals surface area contributed by atoms with Gasteiger partial charge in [-0.2, -0.15) is 5.10 Å². The van der Waals surface area contributed by atoms with Crippen LogP contribution in [-0.4, -0.2) is 57.9 Å². The van der Waals surface area contributed by atoms with E-state index in [0.29, 0.717) is 31.7 Å². The Morgan fingerprint density at radius 1 is 1.37 bits per heavy atom. The zero-order valence-corrected chi connectivity index (χ0v) is 15.6. The highest BCUT2D eigenvalue weighted by atomic mass is 16.3. The summed E-state index contributed by atoms with van der Waals surface area (Å²) in [5.41, 5.74) is 0.822. The van der Waals surface area contributed by atoms with Crippen molar-refractivity contribution < 1.29 is 14.7 Å². The normalized spacial score (nSPS) is 17.8. The molecule has 2 unspecified atom stereocenters. The van der Waals surface area contributed by atoms with Crippen molar-refractivity contribution in [1.29, 1.82) is 0 Å². The van der Waals surface area contributed by atoms with E-state index in [4.69, 9.17) is 0 Å². The molecule has 2 aromatic rings. The second-order valence-electron chi connectivity index (χ2n) is 6.76. The van der Waals surface area contributed by atoms with E-state index in [0.717, 1.165) is 5.56 Å². The Morgan fingerprint density at radius 2 is 2.11 bits per heavy atom. The maximum atomic E-state index is 12.5. The molecular formula is C19H25N5O3. The van der Waals surface area contributed by atoms with Crippen LogP contribution in [-0.2, 0) is 11.8 Å². The van der Waals surface area contributed by atoms with Gasteiger partial charge in [-0.25, -0.2) is 4.79 Å². The Hall–Kier alpha value is -2.87. The van der Waals surface area contributed by atoms with E-state index in [2.05, 4.69) is 10.4 Å². The summed E-state index contributed by atoms with van der Waals surface area (Å²) in [6, 6.07) is 10.2. The van der Waals surface area contributed by atoms with Crippen LogP contribution in [0.4, 0.5) is 10.6 Å². The van der Waals surface area contributed by atoms with Gasteiger partial charge in [0.15, 0.2) is 5.82 Å². The lowest BCUT2D eigenvalue weighted by atomic mass is 10.1. The van der Waals surface area contributed by atoms with E-state index >= 15 is 0 Å². The largest absolute Gasteiger partial charge is 0.388 e. The first-order valence-electron chi connectivity index (χ1n) is 9.01. The minimum absolute atomic E-state index is 0.153. The average Bonchev–Trinajstić information content (AvgIpc) is 3.26. The van der Waals surface area contributed by atoms with Crippen LogP contribution in [0.1, 0.15) is 24.5 Å². The van der Waals surface area contributed by atoms with Gasteiger partial charge in [-0.3, -0.25) is 14.4 Å². The van der Waals surface area contributed by atoms with Crippen molar-refractivity contribution >= 4 is 17.8 Å². The summed E-state index contributed by atoms with van der Waals surface area (Å²) in [6.45, 7) is 0.907. The molecule has 0 bridgehead atoms. The molecule has 2 N–H and O–H groups in total. The monoisotopic (exact) mass is 371 g/mol. The van der Waals surface area contributed by atoms with Crippen LogP contribution in [0, 0.1) is 0 Å². The smallest absolute Gasteiger partial charge is 0.317 e. The number of carbonyl (C=O) groups excluding carboxylic acids is 2. The Labute approximate surface area is 158 Å². The molecule has 1 aromatic carbocycles. The number of aliphatic hydroxyl groups is 1. The molecule has 27 heavy (non-hydrogen) atoms. The second kappa shape index (κ2) is 8.22. The molecule has 1 aliphatic heterocycles. The lowest BCUT2D eigenvalue weighted by Crippen LogP contribution is -2.47. The molecule has 1 saturated heterocycles. The van der Waals surface area contributed by atoms with Crippen LogP contribution in [0.3, 0.4) is 0 Å². The summed E-state index contributed by atoms with van der Waals surface area (Å²) < 4.78 is 1.64. The lowest BCUT2D eigenvalue weighted by molar-refractivity contribution is -0.118. The standard InChI is InChI=1S/C19H25N5O3/c1-22(11-9-16(25)14-6-4-3-5-7-14)19(27)20-15-8-13-24(18(15)26)17-10-12-23(2)21-17/h3-7,10,12,15-16,25H,8-9,11,13H2,1-2H3,(H,20,27). The third kappa shape index (κ3) is 4.46. The molecule has 1 aromatic heterocycles. The third-order valence-electron chi connectivity index (χ3n) is 4.75. The minimum atomic E-state index is -0.630. The van der Waals surface area contributed by atoms with Crippen LogP contribution >= 0.6 is 0 Å². The number of aromatic nitrogens is 2. The van der Waals surface area contributed by atoms with Crippen LogP contribution in [0.5, 0.6) is 0 Å². The molecule has 0 saturated carbocycles. The number of aliphatic hydroxyl groups excluding tert-OH is 1. The van der Waals surface area contributed by atoms with Crippen molar-refractivity contribution in [2.45, 2.75) is 25.0 Å². The zero-order valence-electron chi connectivity index (χ0n) is 15.6. The number of rotatable bonds is 6. The topological polar surface area (TPSA) is 90.7 Å². The van der Waals surface area contributed by atoms with Crippen LogP contribution in [0.25, 0.3) is 0 Å². The number of benzene rings is 1. The van der Waals surface area contributed by atoms with Crippen molar-refractivity contribution in [1.82, 2.24) is 20.0 Å². The van der Waals surface area contributed by atoms with Gasteiger partial charge in [0.1, 0.15) is 6.04 Å². The summed E-state index contributed by atoms with van der Waals surface area (Å²) in [6.07, 6.45) is 2.11. The predicted molar refractivity (Wildman–Crippen MR) is 101 cm³/mol. The summed E-state index contributed by atoms with van der Waals surface area (Å²) in [7, 11) is 3.45. The maximum Gasteiger partial charge on any atom is 0.317 e. The van der Waals surface area contributed by atoms with Crippen molar-refractivity contribution in [3.63, 3.8) is 0 Å². The Bertz CT molecular complexity index is 792. The molecule has 0 aliphatic carbocycles. The van der Waals surface area contributed by atoms with Gasteiger partial charge in [-0.15, -0.1) is 0 Å². The molecule has 1 fully saturated rings. The van der Waals surface area contributed by atoms with E-state index in [1.807, 2.05) is 30.3 Å². The highest BCUT2D eigenvalue weighted by Crippen LogP contribution is 2.20. The molecule has 2 heterocycles. The number of carbonyl (C=O) groups is 2. The first-order chi connectivity index (χ1) is 13.0. The van der Waals surface area contributed by atoms with E-state index < -0.39 is 12.1 Å². The fraction of sp³-hybridized carbons (Fsp3) is 0.421. The van der Waals surface area contributed by atoms with Gasteiger partial charge >= 0.3 is 6.03 Å². The van der Waals surface area contributed by atoms with Gasteiger partial charge in [0.05, 0.1) is 6.10 Å². The number of hydrogen-bond donors (Lipinski definition) is 2. The molecule has 8 nitrogen and oxygen atoms in total. The Kier molecular flexibility index (Phi) is 5.75. The van der Waals surface area contributed by atoms with Gasteiger partial charge < -0.3 is 15.3 Å². The van der Waals surface area contributed by atoms with Crippen molar-refractivity contribution in [2.24, 2.45) is 7.05 Å². The molecule has 3 rings (SSSR count). The quantitative estimate of drug-likeness (QED) is 0.801. The molecule has 0 spiro atoms. The number of amides is 3. The first-order valence-corrected chi connectivity index (χ1v) is 9.01. The lowest BCUT2D eigenvalue weighted by Gasteiger charge is -2.22. The molecule has 8 heteroatoms. The SMILES string of the molecule is CN(CCC(O)c1ccccc1)C(=O)NC1CCN(c2ccn(C)n2)C1=O. The average molecular weight is 371 g/mol. The summed E-state index contributed by atoms with van der Waals surface area (Å²) in [5.74, 6) is 0.443. The number of urea groups is 1. The number of aryl methyl sites for hydroxylation is 1. The van der Waals surface area contributed by atoms with Gasteiger partial charge in [0.2, 0.25) is 0 Å². The van der Waals surface area contributed by atoms with Gasteiger partial charge in [-0.1, -0.05) is 30.3 Å². The molecule has 1 aliphatic rings. The van der Waals surface area contributed by atoms with E-state index in [1.165, 1.54) is 4.90 Å². The molecule has 2 atom stereocenters. The van der Waals surface area contributed by atoms with Gasteiger partial charge in [-0.05, 0) is 18.4 Å². The Balaban J connectivity index is 1.49. The van der Waals surface area contributed by atoms with E-state index in [9.17, 15) is 14.7 Å². The zero-order chi connectivity index (χ0) is 19.4. The molecule has 0 radical (unpaired) electrons. The van der Waals surface area contributed by atoms with Crippen LogP contribution in [0.2, 0.25) is 0 Å². The van der Waals surface area contributed by atoms with E-state index in [1.54, 1.807) is 35.9 Å². The number of hydrogen-bond acceptors (Lipinski definition) is 4. The summed E-state index contributed by atoms with van der Waals surface area (Å²) in [5, 5.41) is 17.2. The minimum Gasteiger partial charge on any atom is -0.388 e. The van der Waals surface area contributed by atoms with Crippen molar-refractivity contribution in [3.8, 4) is 0 Å². The summed E-state index contributed by atoms with van der Waals surface area (Å²) in [4.78, 5) is 28.0. The molecular weight excluding hydrogens is 346 g/mol. The molecule has 3 amide bonds. The first kappa shape index (κ1) is 18.9. The highest BCUT2D eigenvalue weighted by molar-refractivity contribution is 6.00. The van der Waals surface area contributed by atoms with Crippen LogP contribution in [0.15, 0.2) is 42.6 Å². The third-order valence-corrected chi connectivity index (χ3v) is 4.75. The predicted octanol–water partition coefficient (Wildman–Crippen LogP) is 1.29. The van der Waals surface area contributed by atoms with Crippen LogP contribution < -0.4 is 10.2 Å². The van der Waals surface area contributed by atoms with E-state index in [-0.39, 0.29) is 11.9 Å². The van der Waals surface area contributed by atoms with Gasteiger partial charge in [0, 0.05) is 39.4 Å². The second-order valence-corrected chi connectivity index (χ2v) is 6.76. The summed E-state index contributed by atoms with van der Waals surface area (Å²) >= 11 is 0. The van der Waals surface area contributed by atoms with Crippen molar-refractivity contribution in [3.05, 3.63) is 48.2 Å². The Morgan fingerprint density at radius 3 is 2.78 bits per heavy atom.